The van der Waals surface area contributed by atoms with Gasteiger partial charge in [0.2, 0.25) is 0 Å². The van der Waals surface area contributed by atoms with Gasteiger partial charge in [0.15, 0.2) is 0 Å². The number of benzene rings is 8. The molecule has 1 nitrogen and oxygen atoms in total. The summed E-state index contributed by atoms with van der Waals surface area (Å²) in [6, 6.07) is 53.4. The van der Waals surface area contributed by atoms with Gasteiger partial charge in [0.1, 0.15) is 11.5 Å². The van der Waals surface area contributed by atoms with Gasteiger partial charge < -0.3 is 4.74 Å². The van der Waals surface area contributed by atoms with Crippen LogP contribution in [-0.2, 0) is 5.41 Å². The largest absolute Gasteiger partial charge is 0.456 e. The summed E-state index contributed by atoms with van der Waals surface area (Å²) < 4.78 is 6.40. The molecule has 0 saturated carbocycles. The van der Waals surface area contributed by atoms with Gasteiger partial charge >= 0.3 is 0 Å². The highest BCUT2D eigenvalue weighted by atomic mass is 16.5. The number of hydrogen-bond acceptors (Lipinski definition) is 1. The minimum atomic E-state index is -0.179. The normalized spacial score (nSPS) is 13.8. The van der Waals surface area contributed by atoms with E-state index in [9.17, 15) is 0 Å². The molecule has 216 valence electrons. The summed E-state index contributed by atoms with van der Waals surface area (Å²) in [6.07, 6.45) is 0. The second-order valence-electron chi connectivity index (χ2n) is 13.3. The lowest BCUT2D eigenvalue weighted by molar-refractivity contribution is 0.487. The van der Waals surface area contributed by atoms with Crippen LogP contribution >= 0.6 is 0 Å². The van der Waals surface area contributed by atoms with Crippen LogP contribution in [0.25, 0.3) is 76.8 Å². The molecule has 0 aromatic heterocycles. The zero-order valence-corrected chi connectivity index (χ0v) is 25.8. The molecule has 1 heteroatoms. The zero-order chi connectivity index (χ0) is 30.6. The van der Waals surface area contributed by atoms with E-state index < -0.39 is 0 Å². The maximum atomic E-state index is 6.40. The first-order valence-corrected chi connectivity index (χ1v) is 16.1. The van der Waals surface area contributed by atoms with Gasteiger partial charge in [0.05, 0.1) is 0 Å². The van der Waals surface area contributed by atoms with Crippen LogP contribution in [0.1, 0.15) is 25.0 Å². The highest BCUT2D eigenvalue weighted by Crippen LogP contribution is 2.54. The number of rotatable bonds is 2. The Bertz CT molecular complexity index is 2590. The number of para-hydroxylation sites is 1. The van der Waals surface area contributed by atoms with E-state index in [4.69, 9.17) is 4.74 Å². The molecule has 8 aromatic carbocycles. The molecule has 1 aliphatic carbocycles. The van der Waals surface area contributed by atoms with Crippen LogP contribution in [0, 0.1) is 0 Å². The van der Waals surface area contributed by atoms with E-state index in [0.29, 0.717) is 0 Å². The van der Waals surface area contributed by atoms with Crippen molar-refractivity contribution in [2.24, 2.45) is 0 Å². The SMILES string of the molecule is CC1(C)c2cc(-c3ccc4c5c(cccc35)-c3ccccc3O4)ccc2-c2ccc3cccc(-c4ccc5ccccc5c4)c3c21. The molecule has 0 unspecified atom stereocenters. The monoisotopic (exact) mass is 586 g/mol. The van der Waals surface area contributed by atoms with Crippen molar-refractivity contribution < 1.29 is 4.74 Å². The average molecular weight is 587 g/mol. The molecule has 0 amide bonds. The van der Waals surface area contributed by atoms with Gasteiger partial charge in [-0.1, -0.05) is 135 Å². The van der Waals surface area contributed by atoms with Gasteiger partial charge in [-0.05, 0) is 101 Å². The second-order valence-corrected chi connectivity index (χ2v) is 13.3. The maximum absolute atomic E-state index is 6.40. The van der Waals surface area contributed by atoms with Gasteiger partial charge in [-0.15, -0.1) is 0 Å². The highest BCUT2D eigenvalue weighted by Gasteiger charge is 2.38. The summed E-state index contributed by atoms with van der Waals surface area (Å²) in [5.74, 6) is 1.84. The van der Waals surface area contributed by atoms with Crippen LogP contribution in [0.15, 0.2) is 146 Å². The Morgan fingerprint density at radius 2 is 1.09 bits per heavy atom. The Kier molecular flexibility index (Phi) is 5.12. The molecular formula is C45H30O. The van der Waals surface area contributed by atoms with Crippen LogP contribution < -0.4 is 4.74 Å². The van der Waals surface area contributed by atoms with Crippen molar-refractivity contribution in [2.75, 3.05) is 0 Å². The van der Waals surface area contributed by atoms with Crippen LogP contribution in [0.5, 0.6) is 11.5 Å². The minimum absolute atomic E-state index is 0.179. The third-order valence-corrected chi connectivity index (χ3v) is 10.4. The molecule has 8 aromatic rings. The summed E-state index contributed by atoms with van der Waals surface area (Å²) in [4.78, 5) is 0. The second kappa shape index (κ2) is 9.19. The van der Waals surface area contributed by atoms with Crippen LogP contribution in [-0.4, -0.2) is 0 Å². The highest BCUT2D eigenvalue weighted by molar-refractivity contribution is 6.11. The molecule has 0 radical (unpaired) electrons. The van der Waals surface area contributed by atoms with Gasteiger partial charge in [0, 0.05) is 16.4 Å². The van der Waals surface area contributed by atoms with E-state index in [1.54, 1.807) is 0 Å². The Morgan fingerprint density at radius 3 is 2.02 bits per heavy atom. The lowest BCUT2D eigenvalue weighted by Crippen LogP contribution is -2.16. The Balaban J connectivity index is 1.16. The van der Waals surface area contributed by atoms with E-state index in [1.807, 2.05) is 6.07 Å². The van der Waals surface area contributed by atoms with E-state index in [1.165, 1.54) is 82.4 Å². The van der Waals surface area contributed by atoms with Gasteiger partial charge in [-0.25, -0.2) is 0 Å². The predicted octanol–water partition coefficient (Wildman–Crippen LogP) is 12.6. The predicted molar refractivity (Wildman–Crippen MR) is 193 cm³/mol. The van der Waals surface area contributed by atoms with Crippen molar-refractivity contribution in [1.82, 2.24) is 0 Å². The molecule has 0 bridgehead atoms. The molecule has 46 heavy (non-hydrogen) atoms. The number of ether oxygens (including phenoxy) is 1. The van der Waals surface area contributed by atoms with Crippen molar-refractivity contribution in [1.29, 1.82) is 0 Å². The van der Waals surface area contributed by atoms with Crippen molar-refractivity contribution in [2.45, 2.75) is 19.3 Å². The molecule has 0 atom stereocenters. The van der Waals surface area contributed by atoms with Gasteiger partial charge in [-0.3, -0.25) is 0 Å². The Labute approximate surface area is 268 Å². The summed E-state index contributed by atoms with van der Waals surface area (Å²) >= 11 is 0. The fourth-order valence-corrected chi connectivity index (χ4v) is 8.28. The standard InChI is InChI=1S/C45H30O/c1-45(2)39-26-31(32-23-24-41-43-36(32)14-8-15-37(43)35-12-5-6-16-40(35)46-41)20-21-34(39)38-22-19-28-11-7-13-33(42(28)44(38)45)30-18-17-27-9-3-4-10-29(27)25-30/h3-26H,1-2H3. The van der Waals surface area contributed by atoms with Gasteiger partial charge in [0.25, 0.3) is 0 Å². The topological polar surface area (TPSA) is 9.23 Å². The minimum Gasteiger partial charge on any atom is -0.456 e. The van der Waals surface area contributed by atoms with Crippen LogP contribution in [0.3, 0.4) is 0 Å². The van der Waals surface area contributed by atoms with E-state index in [2.05, 4.69) is 153 Å². The van der Waals surface area contributed by atoms with Gasteiger partial charge in [-0.2, -0.15) is 0 Å². The fourth-order valence-electron chi connectivity index (χ4n) is 8.28. The van der Waals surface area contributed by atoms with Crippen molar-refractivity contribution in [3.8, 4) is 56.0 Å². The third-order valence-electron chi connectivity index (χ3n) is 10.4. The van der Waals surface area contributed by atoms with Crippen molar-refractivity contribution in [3.63, 3.8) is 0 Å². The first-order chi connectivity index (χ1) is 22.6. The maximum Gasteiger partial charge on any atom is 0.135 e. The molecule has 2 aliphatic rings. The zero-order valence-electron chi connectivity index (χ0n) is 25.8. The smallest absolute Gasteiger partial charge is 0.135 e. The van der Waals surface area contributed by atoms with E-state index in [-0.39, 0.29) is 5.41 Å². The molecule has 0 spiro atoms. The Morgan fingerprint density at radius 1 is 0.413 bits per heavy atom. The fraction of sp³-hybridized carbons (Fsp3) is 0.0667. The lowest BCUT2D eigenvalue weighted by Gasteiger charge is -2.25. The van der Waals surface area contributed by atoms with Crippen molar-refractivity contribution >= 4 is 32.3 Å². The summed E-state index contributed by atoms with van der Waals surface area (Å²) in [7, 11) is 0. The molecular weight excluding hydrogens is 556 g/mol. The molecule has 0 N–H and O–H groups in total. The van der Waals surface area contributed by atoms with Crippen LogP contribution in [0.4, 0.5) is 0 Å². The molecule has 0 saturated heterocycles. The first kappa shape index (κ1) is 25.6. The molecule has 0 fully saturated rings. The Hall–Kier alpha value is -5.66. The van der Waals surface area contributed by atoms with E-state index >= 15 is 0 Å². The summed E-state index contributed by atoms with van der Waals surface area (Å²) in [5, 5.41) is 7.59. The lowest BCUT2D eigenvalue weighted by atomic mass is 9.78. The molecule has 10 rings (SSSR count). The summed E-state index contributed by atoms with van der Waals surface area (Å²) in [5.41, 5.74) is 12.7. The number of fused-ring (bicyclic) bond motifs is 8. The average Bonchev–Trinajstić information content (AvgIpc) is 3.33. The number of hydrogen-bond donors (Lipinski definition) is 0. The van der Waals surface area contributed by atoms with Crippen molar-refractivity contribution in [3.05, 3.63) is 157 Å². The summed E-state index contributed by atoms with van der Waals surface area (Å²) in [6.45, 7) is 4.81. The van der Waals surface area contributed by atoms with Crippen LogP contribution in [0.2, 0.25) is 0 Å². The first-order valence-electron chi connectivity index (χ1n) is 16.1. The molecule has 1 aliphatic heterocycles. The quantitative estimate of drug-likeness (QED) is 0.196. The molecule has 1 heterocycles. The third kappa shape index (κ3) is 3.46. The van der Waals surface area contributed by atoms with E-state index in [0.717, 1.165) is 17.1 Å².